The van der Waals surface area contributed by atoms with Gasteiger partial charge in [0, 0.05) is 23.9 Å². The number of pyridine rings is 1. The molecule has 1 aromatic carbocycles. The number of nitrogens with zero attached hydrogens (tertiary/aromatic N) is 2. The molecule has 300 valence electrons. The van der Waals surface area contributed by atoms with Gasteiger partial charge in [0.05, 0.1) is 38.1 Å². The molecule has 4 amide bonds. The largest absolute Gasteiger partial charge is 0.496 e. The molecule has 0 radical (unpaired) electrons. The Hall–Kier alpha value is -4.34. The molecular formula is C39H53N5O10S. The van der Waals surface area contributed by atoms with E-state index in [1.54, 1.807) is 13.2 Å². The number of methoxy groups -OCH3 is 2. The van der Waals surface area contributed by atoms with Crippen molar-refractivity contribution in [3.05, 3.63) is 23.8 Å². The fourth-order valence-electron chi connectivity index (χ4n) is 8.39. The molecule has 6 atom stereocenters. The molecule has 2 saturated carbocycles. The van der Waals surface area contributed by atoms with Crippen molar-refractivity contribution in [2.45, 2.75) is 126 Å². The number of aromatic nitrogens is 1. The van der Waals surface area contributed by atoms with Crippen molar-refractivity contribution in [2.24, 2.45) is 11.8 Å². The minimum absolute atomic E-state index is 0.00894. The number of sulfonamides is 1. The van der Waals surface area contributed by atoms with Crippen LogP contribution in [0.3, 0.4) is 0 Å². The first-order chi connectivity index (χ1) is 26.4. The lowest BCUT2D eigenvalue weighted by Gasteiger charge is -2.30. The van der Waals surface area contributed by atoms with Crippen LogP contribution in [0.4, 0.5) is 4.79 Å². The van der Waals surface area contributed by atoms with E-state index in [9.17, 15) is 27.6 Å². The number of benzene rings is 1. The summed E-state index contributed by atoms with van der Waals surface area (Å²) < 4.78 is 51.6. The van der Waals surface area contributed by atoms with E-state index in [0.29, 0.717) is 73.2 Å². The fourth-order valence-corrected chi connectivity index (χ4v) is 9.76. The van der Waals surface area contributed by atoms with Crippen molar-refractivity contribution in [1.29, 1.82) is 0 Å². The van der Waals surface area contributed by atoms with E-state index < -0.39 is 62.8 Å². The van der Waals surface area contributed by atoms with Gasteiger partial charge in [0.25, 0.3) is 5.91 Å². The Balaban J connectivity index is 1.25. The van der Waals surface area contributed by atoms with Gasteiger partial charge in [0.1, 0.15) is 35.2 Å². The van der Waals surface area contributed by atoms with Crippen molar-refractivity contribution in [3.8, 4) is 17.4 Å². The van der Waals surface area contributed by atoms with Crippen molar-refractivity contribution < 1.29 is 46.5 Å². The quantitative estimate of drug-likeness (QED) is 0.399. The Morgan fingerprint density at radius 2 is 1.75 bits per heavy atom. The molecule has 5 aliphatic rings. The molecule has 1 aromatic heterocycles. The first-order valence-electron chi connectivity index (χ1n) is 19.7. The Bertz CT molecular complexity index is 1920. The maximum atomic E-state index is 14.6. The van der Waals surface area contributed by atoms with Crippen LogP contribution in [0.2, 0.25) is 0 Å². The number of carbonyl (C=O) groups is 4. The Kier molecular flexibility index (Phi) is 11.3. The highest BCUT2D eigenvalue weighted by Crippen LogP contribution is 2.48. The zero-order valence-electron chi connectivity index (χ0n) is 31.9. The molecule has 5 bridgehead atoms. The number of amides is 4. The second-order valence-electron chi connectivity index (χ2n) is 16.0. The van der Waals surface area contributed by atoms with Gasteiger partial charge in [-0.15, -0.1) is 0 Å². The number of aryl methyl sites for hydroxylation is 1. The minimum atomic E-state index is -3.87. The summed E-state index contributed by atoms with van der Waals surface area (Å²) in [5, 5.41) is 5.86. The number of fused-ring (bicyclic) bond motifs is 4. The molecule has 55 heavy (non-hydrogen) atoms. The number of carbonyl (C=O) groups excluding carboxylic acids is 4. The van der Waals surface area contributed by atoms with Crippen molar-refractivity contribution >= 4 is 44.7 Å². The third-order valence-corrected chi connectivity index (χ3v) is 13.7. The van der Waals surface area contributed by atoms with E-state index in [-0.39, 0.29) is 31.4 Å². The van der Waals surface area contributed by atoms with Crippen LogP contribution in [0.25, 0.3) is 10.9 Å². The normalized spacial score (nSPS) is 29.6. The third kappa shape index (κ3) is 8.58. The number of hydrogen-bond acceptors (Lipinski definition) is 11. The van der Waals surface area contributed by atoms with Crippen LogP contribution in [0, 0.1) is 11.8 Å². The highest BCUT2D eigenvalue weighted by atomic mass is 32.2. The Morgan fingerprint density at radius 1 is 0.982 bits per heavy atom. The smallest absolute Gasteiger partial charge is 0.407 e. The molecule has 7 rings (SSSR count). The maximum absolute atomic E-state index is 14.6. The highest BCUT2D eigenvalue weighted by molar-refractivity contribution is 7.91. The minimum Gasteiger partial charge on any atom is -0.496 e. The zero-order chi connectivity index (χ0) is 38.9. The molecule has 2 saturated heterocycles. The van der Waals surface area contributed by atoms with Crippen molar-refractivity contribution in [1.82, 2.24) is 25.2 Å². The molecule has 4 fully saturated rings. The maximum Gasteiger partial charge on any atom is 0.407 e. The van der Waals surface area contributed by atoms with Gasteiger partial charge in [0.15, 0.2) is 0 Å². The average molecular weight is 784 g/mol. The van der Waals surface area contributed by atoms with E-state index in [0.717, 1.165) is 44.1 Å². The monoisotopic (exact) mass is 783 g/mol. The summed E-state index contributed by atoms with van der Waals surface area (Å²) in [5.74, 6) is -0.537. The van der Waals surface area contributed by atoms with Crippen LogP contribution < -0.4 is 29.6 Å². The standard InChI is InChI=1S/C39H53N5O10S/c1-23-10-9-11-24-16-28-30(18-32(24)51-2)40-34(52-3)19-33(28)54-26-17-31-35(45)42-39(37(47)43-55(49,50)27-14-15-27)20-25(39)12-7-5-4-6-8-13-29(36(46)44(31)21-26)41-38(48)53-22-23/h16,18-19,23,25-27,29,31H,4-15,17,20-22H2,1-3H3,(H,41,48)(H,42,45)(H,43,47)/t23-,25?,26-,29+,31+,39-/m1/s1. The van der Waals surface area contributed by atoms with Gasteiger partial charge in [0.2, 0.25) is 27.7 Å². The van der Waals surface area contributed by atoms with Crippen molar-refractivity contribution in [3.63, 3.8) is 0 Å². The molecular weight excluding hydrogens is 731 g/mol. The van der Waals surface area contributed by atoms with E-state index in [2.05, 4.69) is 20.3 Å². The van der Waals surface area contributed by atoms with Crippen LogP contribution in [0.15, 0.2) is 18.2 Å². The van der Waals surface area contributed by atoms with Crippen LogP contribution >= 0.6 is 0 Å². The molecule has 16 heteroatoms. The Morgan fingerprint density at radius 3 is 2.49 bits per heavy atom. The summed E-state index contributed by atoms with van der Waals surface area (Å²) in [5.41, 5.74) is 0.118. The first kappa shape index (κ1) is 38.9. The topological polar surface area (TPSA) is 192 Å². The summed E-state index contributed by atoms with van der Waals surface area (Å²) in [6.45, 7) is 2.18. The molecule has 1 unspecified atom stereocenters. The number of cyclic esters (lactones) is 1. The Labute approximate surface area is 322 Å². The second kappa shape index (κ2) is 16.0. The zero-order valence-corrected chi connectivity index (χ0v) is 32.7. The molecule has 2 aliphatic carbocycles. The van der Waals surface area contributed by atoms with Gasteiger partial charge in [-0.3, -0.25) is 19.1 Å². The highest BCUT2D eigenvalue weighted by Gasteiger charge is 2.62. The number of alkyl carbamates (subject to hydrolysis) is 1. The second-order valence-corrected chi connectivity index (χ2v) is 18.0. The molecule has 15 nitrogen and oxygen atoms in total. The lowest BCUT2D eigenvalue weighted by Crippen LogP contribution is -2.58. The van der Waals surface area contributed by atoms with Crippen molar-refractivity contribution in [2.75, 3.05) is 27.4 Å². The summed E-state index contributed by atoms with van der Waals surface area (Å²) in [4.78, 5) is 62.1. The SMILES string of the molecule is COc1cc2c3cc(c(OC)cc3n1)CCC[C@@H](C)COC(=O)N[C@H]1CCCCCCCC3C[C@@]3(C(=O)NS(=O)(=O)C3CC3)NC(=O)[C@@H]3C[C@H](CN3C1=O)O2. The molecule has 3 N–H and O–H groups in total. The van der Waals surface area contributed by atoms with E-state index in [1.165, 1.54) is 12.0 Å². The van der Waals surface area contributed by atoms with Gasteiger partial charge in [-0.05, 0) is 74.8 Å². The number of rotatable bonds is 5. The van der Waals surface area contributed by atoms with Crippen LogP contribution in [-0.2, 0) is 35.6 Å². The number of nitrogens with one attached hydrogen (secondary N) is 3. The molecule has 0 spiro atoms. The predicted molar refractivity (Wildman–Crippen MR) is 201 cm³/mol. The van der Waals surface area contributed by atoms with Crippen LogP contribution in [-0.4, -0.2) is 98.5 Å². The van der Waals surface area contributed by atoms with Gasteiger partial charge in [-0.2, -0.15) is 0 Å². The van der Waals surface area contributed by atoms with Crippen LogP contribution in [0.5, 0.6) is 17.4 Å². The summed E-state index contributed by atoms with van der Waals surface area (Å²) in [7, 11) is -0.755. The van der Waals surface area contributed by atoms with E-state index >= 15 is 0 Å². The lowest BCUT2D eigenvalue weighted by atomic mass is 9.99. The number of hydrogen-bond donors (Lipinski definition) is 3. The van der Waals surface area contributed by atoms with Crippen LogP contribution in [0.1, 0.15) is 96.0 Å². The van der Waals surface area contributed by atoms with E-state index in [1.807, 2.05) is 19.1 Å². The predicted octanol–water partition coefficient (Wildman–Crippen LogP) is 3.90. The third-order valence-electron chi connectivity index (χ3n) is 11.8. The van der Waals surface area contributed by atoms with Gasteiger partial charge < -0.3 is 34.5 Å². The summed E-state index contributed by atoms with van der Waals surface area (Å²) in [6.07, 6.45) is 7.30. The average Bonchev–Trinajstić information content (AvgIpc) is 4.09. The van der Waals surface area contributed by atoms with Gasteiger partial charge >= 0.3 is 6.09 Å². The summed E-state index contributed by atoms with van der Waals surface area (Å²) >= 11 is 0. The van der Waals surface area contributed by atoms with Gasteiger partial charge in [-0.1, -0.05) is 39.0 Å². The summed E-state index contributed by atoms with van der Waals surface area (Å²) in [6, 6.07) is 3.47. The fraction of sp³-hybridized carbons (Fsp3) is 0.667. The molecule has 2 aromatic rings. The van der Waals surface area contributed by atoms with Gasteiger partial charge in [-0.25, -0.2) is 18.2 Å². The first-order valence-corrected chi connectivity index (χ1v) is 21.3. The lowest BCUT2D eigenvalue weighted by molar-refractivity contribution is -0.141. The number of ether oxygens (including phenoxy) is 4. The van der Waals surface area contributed by atoms with E-state index in [4.69, 9.17) is 18.9 Å². The molecule has 3 aliphatic heterocycles. The molecule has 4 heterocycles.